The quantitative estimate of drug-likeness (QED) is 0.750. The SMILES string of the molecule is CC1(C)CCC(NCC2CCC(N)C2)C1. The van der Waals surface area contributed by atoms with Gasteiger partial charge in [0.15, 0.2) is 0 Å². The van der Waals surface area contributed by atoms with Crippen molar-refractivity contribution in [1.82, 2.24) is 5.32 Å². The normalized spacial score (nSPS) is 39.8. The Morgan fingerprint density at radius 3 is 2.60 bits per heavy atom. The van der Waals surface area contributed by atoms with Gasteiger partial charge in [-0.3, -0.25) is 0 Å². The van der Waals surface area contributed by atoms with E-state index in [2.05, 4.69) is 19.2 Å². The van der Waals surface area contributed by atoms with Crippen molar-refractivity contribution in [2.75, 3.05) is 6.54 Å². The molecule has 88 valence electrons. The molecule has 3 unspecified atom stereocenters. The molecule has 2 heteroatoms. The van der Waals surface area contributed by atoms with E-state index in [1.807, 2.05) is 0 Å². The molecule has 0 aromatic heterocycles. The highest BCUT2D eigenvalue weighted by Gasteiger charge is 2.31. The summed E-state index contributed by atoms with van der Waals surface area (Å²) in [5, 5.41) is 3.74. The number of nitrogens with two attached hydrogens (primary N) is 1. The van der Waals surface area contributed by atoms with Crippen LogP contribution < -0.4 is 11.1 Å². The molecule has 2 rings (SSSR count). The van der Waals surface area contributed by atoms with Crippen molar-refractivity contribution in [3.63, 3.8) is 0 Å². The molecule has 0 aromatic carbocycles. The second kappa shape index (κ2) is 4.42. The summed E-state index contributed by atoms with van der Waals surface area (Å²) < 4.78 is 0. The van der Waals surface area contributed by atoms with Crippen molar-refractivity contribution in [3.05, 3.63) is 0 Å². The topological polar surface area (TPSA) is 38.0 Å². The lowest BCUT2D eigenvalue weighted by atomic mass is 9.92. The summed E-state index contributed by atoms with van der Waals surface area (Å²) in [4.78, 5) is 0. The molecule has 0 saturated heterocycles. The molecule has 0 aliphatic heterocycles. The van der Waals surface area contributed by atoms with Gasteiger partial charge in [-0.05, 0) is 56.4 Å². The van der Waals surface area contributed by atoms with Gasteiger partial charge in [-0.1, -0.05) is 13.8 Å². The Labute approximate surface area is 94.0 Å². The largest absolute Gasteiger partial charge is 0.328 e. The maximum Gasteiger partial charge on any atom is 0.00724 e. The van der Waals surface area contributed by atoms with Crippen LogP contribution in [0.1, 0.15) is 52.4 Å². The molecule has 0 heterocycles. The first kappa shape index (κ1) is 11.4. The van der Waals surface area contributed by atoms with Crippen LogP contribution in [0.15, 0.2) is 0 Å². The molecule has 2 fully saturated rings. The highest BCUT2D eigenvalue weighted by Crippen LogP contribution is 2.37. The molecule has 2 aliphatic carbocycles. The first-order chi connectivity index (χ1) is 7.05. The molecule has 2 nitrogen and oxygen atoms in total. The summed E-state index contributed by atoms with van der Waals surface area (Å²) in [6.07, 6.45) is 7.92. The Hall–Kier alpha value is -0.0800. The highest BCUT2D eigenvalue weighted by atomic mass is 14.9. The minimum Gasteiger partial charge on any atom is -0.328 e. The van der Waals surface area contributed by atoms with Crippen molar-refractivity contribution in [2.24, 2.45) is 17.1 Å². The van der Waals surface area contributed by atoms with Gasteiger partial charge in [-0.2, -0.15) is 0 Å². The van der Waals surface area contributed by atoms with E-state index in [-0.39, 0.29) is 0 Å². The number of nitrogens with one attached hydrogen (secondary N) is 1. The Kier molecular flexibility index (Phi) is 3.36. The first-order valence-corrected chi connectivity index (χ1v) is 6.54. The van der Waals surface area contributed by atoms with Gasteiger partial charge in [0.2, 0.25) is 0 Å². The third-order valence-corrected chi connectivity index (χ3v) is 4.25. The molecule has 0 aromatic rings. The Bertz CT molecular complexity index is 213. The predicted molar refractivity (Wildman–Crippen MR) is 64.7 cm³/mol. The molecule has 0 bridgehead atoms. The van der Waals surface area contributed by atoms with Gasteiger partial charge in [-0.15, -0.1) is 0 Å². The second-order valence-corrected chi connectivity index (χ2v) is 6.45. The minimum atomic E-state index is 0.483. The third-order valence-electron chi connectivity index (χ3n) is 4.25. The van der Waals surface area contributed by atoms with Crippen molar-refractivity contribution >= 4 is 0 Å². The summed E-state index contributed by atoms with van der Waals surface area (Å²) in [7, 11) is 0. The van der Waals surface area contributed by atoms with E-state index in [9.17, 15) is 0 Å². The molecule has 0 spiro atoms. The van der Waals surface area contributed by atoms with Crippen LogP contribution >= 0.6 is 0 Å². The molecule has 3 N–H and O–H groups in total. The summed E-state index contributed by atoms with van der Waals surface area (Å²) in [5.74, 6) is 0.851. The Balaban J connectivity index is 1.66. The van der Waals surface area contributed by atoms with Crippen LogP contribution in [0.2, 0.25) is 0 Å². The standard InChI is InChI=1S/C13H26N2/c1-13(2)6-5-12(8-13)15-9-10-3-4-11(14)7-10/h10-12,15H,3-9,14H2,1-2H3. The van der Waals surface area contributed by atoms with Crippen LogP contribution in [0, 0.1) is 11.3 Å². The zero-order chi connectivity index (χ0) is 10.9. The van der Waals surface area contributed by atoms with Crippen LogP contribution in [0.3, 0.4) is 0 Å². The lowest BCUT2D eigenvalue weighted by Gasteiger charge is -2.19. The predicted octanol–water partition coefficient (Wildman–Crippen LogP) is 2.28. The fourth-order valence-electron chi connectivity index (χ4n) is 3.24. The average molecular weight is 210 g/mol. The molecule has 2 aliphatic rings. The van der Waals surface area contributed by atoms with E-state index >= 15 is 0 Å². The third kappa shape index (κ3) is 3.18. The van der Waals surface area contributed by atoms with Crippen LogP contribution in [0.4, 0.5) is 0 Å². The number of hydrogen-bond acceptors (Lipinski definition) is 2. The highest BCUT2D eigenvalue weighted by molar-refractivity contribution is 4.88. The molecule has 3 atom stereocenters. The van der Waals surface area contributed by atoms with Crippen LogP contribution in [0.5, 0.6) is 0 Å². The summed E-state index contributed by atoms with van der Waals surface area (Å²) in [6, 6.07) is 1.26. The van der Waals surface area contributed by atoms with Crippen molar-refractivity contribution < 1.29 is 0 Å². The summed E-state index contributed by atoms with van der Waals surface area (Å²) >= 11 is 0. The van der Waals surface area contributed by atoms with Gasteiger partial charge in [0, 0.05) is 12.1 Å². The summed E-state index contributed by atoms with van der Waals surface area (Å²) in [5.41, 5.74) is 6.50. The van der Waals surface area contributed by atoms with Crippen molar-refractivity contribution in [3.8, 4) is 0 Å². The van der Waals surface area contributed by atoms with Crippen LogP contribution in [-0.2, 0) is 0 Å². The Morgan fingerprint density at radius 1 is 1.27 bits per heavy atom. The second-order valence-electron chi connectivity index (χ2n) is 6.45. The van der Waals surface area contributed by atoms with Crippen LogP contribution in [-0.4, -0.2) is 18.6 Å². The molecule has 0 radical (unpaired) electrons. The number of rotatable bonds is 3. The zero-order valence-electron chi connectivity index (χ0n) is 10.3. The van der Waals surface area contributed by atoms with Gasteiger partial charge in [0.25, 0.3) is 0 Å². The number of hydrogen-bond donors (Lipinski definition) is 2. The average Bonchev–Trinajstić information content (AvgIpc) is 2.69. The van der Waals surface area contributed by atoms with E-state index in [4.69, 9.17) is 5.73 Å². The lowest BCUT2D eigenvalue weighted by Crippen LogP contribution is -2.32. The van der Waals surface area contributed by atoms with E-state index in [1.165, 1.54) is 45.1 Å². The molecule has 15 heavy (non-hydrogen) atoms. The maximum absolute atomic E-state index is 5.92. The fraction of sp³-hybridized carbons (Fsp3) is 1.00. The van der Waals surface area contributed by atoms with Gasteiger partial charge >= 0.3 is 0 Å². The molecule has 2 saturated carbocycles. The smallest absolute Gasteiger partial charge is 0.00724 e. The zero-order valence-corrected chi connectivity index (χ0v) is 10.3. The fourth-order valence-corrected chi connectivity index (χ4v) is 3.24. The lowest BCUT2D eigenvalue weighted by molar-refractivity contribution is 0.355. The molecular weight excluding hydrogens is 184 g/mol. The first-order valence-electron chi connectivity index (χ1n) is 6.54. The van der Waals surface area contributed by atoms with Gasteiger partial charge in [-0.25, -0.2) is 0 Å². The van der Waals surface area contributed by atoms with Crippen molar-refractivity contribution in [1.29, 1.82) is 0 Å². The van der Waals surface area contributed by atoms with Gasteiger partial charge in [0.1, 0.15) is 0 Å². The molecular formula is C13H26N2. The monoisotopic (exact) mass is 210 g/mol. The van der Waals surface area contributed by atoms with Gasteiger partial charge < -0.3 is 11.1 Å². The van der Waals surface area contributed by atoms with E-state index in [0.717, 1.165) is 12.0 Å². The maximum atomic E-state index is 5.92. The minimum absolute atomic E-state index is 0.483. The van der Waals surface area contributed by atoms with E-state index in [1.54, 1.807) is 0 Å². The Morgan fingerprint density at radius 2 is 2.07 bits per heavy atom. The van der Waals surface area contributed by atoms with E-state index < -0.39 is 0 Å². The van der Waals surface area contributed by atoms with E-state index in [0.29, 0.717) is 11.5 Å². The van der Waals surface area contributed by atoms with Gasteiger partial charge in [0.05, 0.1) is 0 Å². The summed E-state index contributed by atoms with van der Waals surface area (Å²) in [6.45, 7) is 5.98. The molecule has 0 amide bonds. The van der Waals surface area contributed by atoms with Crippen LogP contribution in [0.25, 0.3) is 0 Å². The van der Waals surface area contributed by atoms with Crippen molar-refractivity contribution in [2.45, 2.75) is 64.5 Å².